The second kappa shape index (κ2) is 4.57. The lowest BCUT2D eigenvalue weighted by Crippen LogP contribution is -2.43. The van der Waals surface area contributed by atoms with Gasteiger partial charge < -0.3 is 14.8 Å². The number of imidazole rings is 1. The molecule has 1 aliphatic rings. The standard InChI is InChI=1S/C14H18N4O/c1-17-9-10(7-8-13(17)19)15-14-16-11-5-3-4-6-12(11)18(14)2/h3-6,10H,7-9H2,1-2H3,(H,15,16). The molecule has 19 heavy (non-hydrogen) atoms. The number of likely N-dealkylation sites (tertiary alicyclic amines) is 1. The lowest BCUT2D eigenvalue weighted by Gasteiger charge is -2.30. The Morgan fingerprint density at radius 1 is 1.32 bits per heavy atom. The van der Waals surface area contributed by atoms with Crippen molar-refractivity contribution in [2.45, 2.75) is 18.9 Å². The molecule has 1 saturated heterocycles. The van der Waals surface area contributed by atoms with Gasteiger partial charge in [-0.15, -0.1) is 0 Å². The van der Waals surface area contributed by atoms with Gasteiger partial charge in [0.05, 0.1) is 11.0 Å². The van der Waals surface area contributed by atoms with E-state index in [0.29, 0.717) is 6.42 Å². The first kappa shape index (κ1) is 12.0. The van der Waals surface area contributed by atoms with Gasteiger partial charge in [0.1, 0.15) is 0 Å². The summed E-state index contributed by atoms with van der Waals surface area (Å²) >= 11 is 0. The molecule has 1 amide bonds. The summed E-state index contributed by atoms with van der Waals surface area (Å²) in [6.45, 7) is 0.738. The summed E-state index contributed by atoms with van der Waals surface area (Å²) < 4.78 is 2.06. The third-order valence-corrected chi connectivity index (χ3v) is 3.75. The minimum Gasteiger partial charge on any atom is -0.351 e. The Bertz CT molecular complexity index is 619. The third-order valence-electron chi connectivity index (χ3n) is 3.75. The van der Waals surface area contributed by atoms with Crippen LogP contribution in [0.25, 0.3) is 11.0 Å². The molecular formula is C14H18N4O. The van der Waals surface area contributed by atoms with Gasteiger partial charge in [-0.3, -0.25) is 4.79 Å². The zero-order valence-electron chi connectivity index (χ0n) is 11.3. The molecule has 1 atom stereocenters. The maximum atomic E-state index is 11.5. The molecule has 2 aromatic rings. The molecule has 1 aromatic carbocycles. The first-order chi connectivity index (χ1) is 9.15. The van der Waals surface area contributed by atoms with Gasteiger partial charge in [-0.05, 0) is 18.6 Å². The number of hydrogen-bond acceptors (Lipinski definition) is 3. The van der Waals surface area contributed by atoms with E-state index >= 15 is 0 Å². The van der Waals surface area contributed by atoms with Crippen molar-refractivity contribution < 1.29 is 4.79 Å². The van der Waals surface area contributed by atoms with Gasteiger partial charge in [0.2, 0.25) is 11.9 Å². The number of rotatable bonds is 2. The molecule has 0 saturated carbocycles. The fourth-order valence-electron chi connectivity index (χ4n) is 2.59. The molecule has 0 aliphatic carbocycles. The predicted octanol–water partition coefficient (Wildman–Crippen LogP) is 1.61. The fourth-order valence-corrected chi connectivity index (χ4v) is 2.59. The van der Waals surface area contributed by atoms with Crippen LogP contribution in [-0.2, 0) is 11.8 Å². The number of fused-ring (bicyclic) bond motifs is 1. The first-order valence-electron chi connectivity index (χ1n) is 6.57. The Kier molecular flexibility index (Phi) is 2.89. The lowest BCUT2D eigenvalue weighted by atomic mass is 10.1. The van der Waals surface area contributed by atoms with Crippen molar-refractivity contribution in [3.63, 3.8) is 0 Å². The molecule has 0 radical (unpaired) electrons. The summed E-state index contributed by atoms with van der Waals surface area (Å²) in [4.78, 5) is 17.9. The SMILES string of the molecule is CN1CC(Nc2nc3ccccc3n2C)CCC1=O. The number of likely N-dealkylation sites (N-methyl/N-ethyl adjacent to an activating group) is 1. The van der Waals surface area contributed by atoms with Crippen molar-refractivity contribution in [3.05, 3.63) is 24.3 Å². The quantitative estimate of drug-likeness (QED) is 0.890. The maximum absolute atomic E-state index is 11.5. The number of benzene rings is 1. The third kappa shape index (κ3) is 2.16. The number of anilines is 1. The summed E-state index contributed by atoms with van der Waals surface area (Å²) in [5.74, 6) is 1.09. The molecule has 0 spiro atoms. The van der Waals surface area contributed by atoms with Gasteiger partial charge in [-0.2, -0.15) is 0 Å². The Hall–Kier alpha value is -2.04. The normalized spacial score (nSPS) is 20.0. The summed E-state index contributed by atoms with van der Waals surface area (Å²) in [6, 6.07) is 8.35. The van der Waals surface area contributed by atoms with Crippen LogP contribution in [0, 0.1) is 0 Å². The van der Waals surface area contributed by atoms with E-state index in [-0.39, 0.29) is 11.9 Å². The predicted molar refractivity (Wildman–Crippen MR) is 75.0 cm³/mol. The number of nitrogens with one attached hydrogen (secondary N) is 1. The smallest absolute Gasteiger partial charge is 0.222 e. The van der Waals surface area contributed by atoms with Crippen molar-refractivity contribution in [2.75, 3.05) is 18.9 Å². The molecule has 5 heteroatoms. The second-order valence-corrected chi connectivity index (χ2v) is 5.14. The van der Waals surface area contributed by atoms with E-state index in [0.717, 1.165) is 29.9 Å². The zero-order chi connectivity index (χ0) is 13.4. The molecule has 2 heterocycles. The van der Waals surface area contributed by atoms with Crippen LogP contribution in [-0.4, -0.2) is 40.0 Å². The van der Waals surface area contributed by atoms with Crippen LogP contribution in [0.5, 0.6) is 0 Å². The summed E-state index contributed by atoms with van der Waals surface area (Å²) in [5, 5.41) is 3.45. The number of para-hydroxylation sites is 2. The van der Waals surface area contributed by atoms with E-state index in [1.807, 2.05) is 32.3 Å². The number of carbonyl (C=O) groups is 1. The van der Waals surface area contributed by atoms with Gasteiger partial charge in [0.15, 0.2) is 0 Å². The number of aromatic nitrogens is 2. The van der Waals surface area contributed by atoms with E-state index in [9.17, 15) is 4.79 Å². The summed E-state index contributed by atoms with van der Waals surface area (Å²) in [5.41, 5.74) is 2.11. The first-order valence-corrected chi connectivity index (χ1v) is 6.57. The van der Waals surface area contributed by atoms with E-state index in [2.05, 4.69) is 20.9 Å². The van der Waals surface area contributed by atoms with Crippen molar-refractivity contribution in [1.82, 2.24) is 14.5 Å². The number of aryl methyl sites for hydroxylation is 1. The van der Waals surface area contributed by atoms with Crippen LogP contribution < -0.4 is 5.32 Å². The van der Waals surface area contributed by atoms with Crippen LogP contribution in [0.15, 0.2) is 24.3 Å². The number of amides is 1. The Morgan fingerprint density at radius 2 is 2.11 bits per heavy atom. The average Bonchev–Trinajstić information content (AvgIpc) is 2.72. The molecule has 1 N–H and O–H groups in total. The zero-order valence-corrected chi connectivity index (χ0v) is 11.3. The average molecular weight is 258 g/mol. The number of nitrogens with zero attached hydrogens (tertiary/aromatic N) is 3. The molecule has 1 unspecified atom stereocenters. The number of piperidine rings is 1. The number of hydrogen-bond donors (Lipinski definition) is 1. The molecule has 3 rings (SSSR count). The van der Waals surface area contributed by atoms with Crippen LogP contribution in [0.2, 0.25) is 0 Å². The fraction of sp³-hybridized carbons (Fsp3) is 0.429. The van der Waals surface area contributed by atoms with Gasteiger partial charge in [-0.25, -0.2) is 4.98 Å². The summed E-state index contributed by atoms with van der Waals surface area (Å²) in [7, 11) is 3.86. The van der Waals surface area contributed by atoms with Gasteiger partial charge in [0, 0.05) is 33.1 Å². The van der Waals surface area contributed by atoms with E-state index in [1.165, 1.54) is 0 Å². The highest BCUT2D eigenvalue weighted by atomic mass is 16.2. The highest BCUT2D eigenvalue weighted by Crippen LogP contribution is 2.20. The molecular weight excluding hydrogens is 240 g/mol. The highest BCUT2D eigenvalue weighted by molar-refractivity contribution is 5.79. The van der Waals surface area contributed by atoms with E-state index < -0.39 is 0 Å². The maximum Gasteiger partial charge on any atom is 0.222 e. The van der Waals surface area contributed by atoms with Crippen LogP contribution in [0.4, 0.5) is 5.95 Å². The number of carbonyl (C=O) groups excluding carboxylic acids is 1. The van der Waals surface area contributed by atoms with E-state index in [4.69, 9.17) is 0 Å². The Labute approximate surface area is 112 Å². The molecule has 1 aromatic heterocycles. The Morgan fingerprint density at radius 3 is 2.84 bits per heavy atom. The van der Waals surface area contributed by atoms with Gasteiger partial charge in [0.25, 0.3) is 0 Å². The lowest BCUT2D eigenvalue weighted by molar-refractivity contribution is -0.132. The van der Waals surface area contributed by atoms with Gasteiger partial charge >= 0.3 is 0 Å². The van der Waals surface area contributed by atoms with Crippen molar-refractivity contribution in [1.29, 1.82) is 0 Å². The Balaban J connectivity index is 1.82. The van der Waals surface area contributed by atoms with Crippen LogP contribution in [0.1, 0.15) is 12.8 Å². The molecule has 1 fully saturated rings. The van der Waals surface area contributed by atoms with Crippen molar-refractivity contribution in [3.8, 4) is 0 Å². The second-order valence-electron chi connectivity index (χ2n) is 5.14. The minimum atomic E-state index is 0.225. The van der Waals surface area contributed by atoms with Crippen molar-refractivity contribution >= 4 is 22.9 Å². The molecule has 1 aliphatic heterocycles. The topological polar surface area (TPSA) is 50.2 Å². The van der Waals surface area contributed by atoms with Crippen molar-refractivity contribution in [2.24, 2.45) is 7.05 Å². The highest BCUT2D eigenvalue weighted by Gasteiger charge is 2.23. The molecule has 0 bridgehead atoms. The minimum absolute atomic E-state index is 0.225. The van der Waals surface area contributed by atoms with Gasteiger partial charge in [-0.1, -0.05) is 12.1 Å². The monoisotopic (exact) mass is 258 g/mol. The largest absolute Gasteiger partial charge is 0.351 e. The summed E-state index contributed by atoms with van der Waals surface area (Å²) in [6.07, 6.45) is 1.48. The molecule has 100 valence electrons. The van der Waals surface area contributed by atoms with E-state index in [1.54, 1.807) is 4.90 Å². The molecule has 5 nitrogen and oxygen atoms in total. The van der Waals surface area contributed by atoms with Crippen LogP contribution in [0.3, 0.4) is 0 Å². The van der Waals surface area contributed by atoms with Crippen LogP contribution >= 0.6 is 0 Å².